The average molecular weight is 315 g/mol. The molecule has 1 rings (SSSR count). The fourth-order valence-electron chi connectivity index (χ4n) is 1.47. The highest BCUT2D eigenvalue weighted by Gasteiger charge is 2.04. The van der Waals surface area contributed by atoms with Crippen LogP contribution in [0.5, 0.6) is 0 Å². The van der Waals surface area contributed by atoms with Gasteiger partial charge in [-0.15, -0.1) is 0 Å². The number of amides is 2. The monoisotopic (exact) mass is 315 g/mol. The van der Waals surface area contributed by atoms with Gasteiger partial charge in [0.05, 0.1) is 13.7 Å². The zero-order chi connectivity index (χ0) is 15.7. The number of benzene rings is 1. The Labute approximate surface area is 124 Å². The number of methoxy groups -OCH3 is 1. The number of hydrogen-bond donors (Lipinski definition) is 4. The van der Waals surface area contributed by atoms with Crippen molar-refractivity contribution in [3.63, 3.8) is 0 Å². The number of rotatable bonds is 7. The van der Waals surface area contributed by atoms with Gasteiger partial charge >= 0.3 is 6.09 Å². The summed E-state index contributed by atoms with van der Waals surface area (Å²) in [5.74, 6) is -0.311. The van der Waals surface area contributed by atoms with Crippen LogP contribution in [0.3, 0.4) is 0 Å². The summed E-state index contributed by atoms with van der Waals surface area (Å²) in [4.78, 5) is 22.1. The highest BCUT2D eigenvalue weighted by Crippen LogP contribution is 2.10. The van der Waals surface area contributed by atoms with Crippen molar-refractivity contribution in [2.75, 3.05) is 24.9 Å². The van der Waals surface area contributed by atoms with Crippen molar-refractivity contribution >= 4 is 29.0 Å². The van der Waals surface area contributed by atoms with Gasteiger partial charge in [-0.25, -0.2) is 9.00 Å². The molecule has 0 heterocycles. The summed E-state index contributed by atoms with van der Waals surface area (Å²) in [5, 5.41) is 4.92. The first-order valence-corrected chi connectivity index (χ1v) is 7.17. The van der Waals surface area contributed by atoms with E-state index >= 15 is 0 Å². The van der Waals surface area contributed by atoms with Gasteiger partial charge < -0.3 is 15.4 Å². The maximum atomic E-state index is 11.4. The lowest BCUT2D eigenvalue weighted by molar-refractivity contribution is -0.120. The molecule has 0 radical (unpaired) electrons. The molecule has 1 aromatic carbocycles. The molecular weight excluding hydrogens is 298 g/mol. The summed E-state index contributed by atoms with van der Waals surface area (Å²) in [6.45, 7) is 0.276. The number of hydrogen-bond acceptors (Lipinski definition) is 4. The zero-order valence-electron chi connectivity index (χ0n) is 11.4. The number of alkyl carbamates (subject to hydrolysis) is 1. The van der Waals surface area contributed by atoms with Crippen molar-refractivity contribution in [3.05, 3.63) is 29.8 Å². The Morgan fingerprint density at radius 1 is 1.24 bits per heavy atom. The number of carbonyl (C=O) groups is 2. The molecule has 4 N–H and O–H groups in total. The molecule has 116 valence electrons. The summed E-state index contributed by atoms with van der Waals surface area (Å²) < 4.78 is 25.9. The van der Waals surface area contributed by atoms with Crippen molar-refractivity contribution in [2.45, 2.75) is 6.42 Å². The molecule has 0 aliphatic carbocycles. The molecule has 0 saturated heterocycles. The van der Waals surface area contributed by atoms with Gasteiger partial charge in [-0.1, -0.05) is 12.1 Å². The Kier molecular flexibility index (Phi) is 7.19. The number of ether oxygens (including phenoxy) is 1. The molecule has 0 aromatic heterocycles. The van der Waals surface area contributed by atoms with Crippen LogP contribution >= 0.6 is 0 Å². The Balaban J connectivity index is 2.27. The highest BCUT2D eigenvalue weighted by molar-refractivity contribution is 7.80. The van der Waals surface area contributed by atoms with Gasteiger partial charge in [0.2, 0.25) is 5.91 Å². The zero-order valence-corrected chi connectivity index (χ0v) is 12.2. The maximum Gasteiger partial charge on any atom is 0.407 e. The number of carbonyl (C=O) groups excluding carboxylic acids is 2. The molecule has 0 aliphatic heterocycles. The van der Waals surface area contributed by atoms with E-state index in [4.69, 9.17) is 4.55 Å². The van der Waals surface area contributed by atoms with Crippen molar-refractivity contribution in [3.8, 4) is 0 Å². The highest BCUT2D eigenvalue weighted by atomic mass is 32.2. The molecule has 1 aromatic rings. The van der Waals surface area contributed by atoms with Crippen LogP contribution in [0.15, 0.2) is 24.3 Å². The van der Waals surface area contributed by atoms with E-state index in [1.807, 2.05) is 0 Å². The second-order valence-electron chi connectivity index (χ2n) is 3.99. The van der Waals surface area contributed by atoms with E-state index in [1.165, 1.54) is 7.11 Å². The molecule has 8 nitrogen and oxygen atoms in total. The van der Waals surface area contributed by atoms with Gasteiger partial charge in [-0.05, 0) is 24.1 Å². The summed E-state index contributed by atoms with van der Waals surface area (Å²) >= 11 is -2.09. The summed E-state index contributed by atoms with van der Waals surface area (Å²) in [7, 11) is 1.22. The second kappa shape index (κ2) is 8.93. The first kappa shape index (κ1) is 16.9. The van der Waals surface area contributed by atoms with E-state index in [0.29, 0.717) is 18.7 Å². The Bertz CT molecular complexity index is 506. The fourth-order valence-corrected chi connectivity index (χ4v) is 1.81. The normalized spacial score (nSPS) is 11.3. The van der Waals surface area contributed by atoms with Crippen LogP contribution in [0, 0.1) is 0 Å². The van der Waals surface area contributed by atoms with E-state index in [2.05, 4.69) is 20.1 Å². The minimum atomic E-state index is -2.09. The van der Waals surface area contributed by atoms with Gasteiger partial charge in [0, 0.05) is 12.2 Å². The quantitative estimate of drug-likeness (QED) is 0.538. The molecule has 0 bridgehead atoms. The second-order valence-corrected chi connectivity index (χ2v) is 4.70. The Morgan fingerprint density at radius 2 is 1.90 bits per heavy atom. The lowest BCUT2D eigenvalue weighted by atomic mass is 10.1. The summed E-state index contributed by atoms with van der Waals surface area (Å²) in [6.07, 6.45) is -0.0542. The lowest BCUT2D eigenvalue weighted by Gasteiger charge is -2.07. The van der Waals surface area contributed by atoms with Crippen LogP contribution in [-0.2, 0) is 27.2 Å². The van der Waals surface area contributed by atoms with Crippen molar-refractivity contribution in [1.82, 2.24) is 10.6 Å². The third-order valence-electron chi connectivity index (χ3n) is 2.47. The molecule has 9 heteroatoms. The van der Waals surface area contributed by atoms with Crippen LogP contribution in [0.25, 0.3) is 0 Å². The summed E-state index contributed by atoms with van der Waals surface area (Å²) in [6, 6.07) is 6.91. The Hall–Kier alpha value is -2.13. The molecule has 21 heavy (non-hydrogen) atoms. The van der Waals surface area contributed by atoms with E-state index < -0.39 is 17.4 Å². The van der Waals surface area contributed by atoms with Gasteiger partial charge in [0.15, 0.2) is 0 Å². The fraction of sp³-hybridized carbons (Fsp3) is 0.333. The van der Waals surface area contributed by atoms with Crippen LogP contribution in [0.4, 0.5) is 10.5 Å². The molecule has 1 atom stereocenters. The molecular formula is C12H17N3O5S. The number of nitrogens with one attached hydrogen (secondary N) is 3. The lowest BCUT2D eigenvalue weighted by Crippen LogP contribution is -2.37. The van der Waals surface area contributed by atoms with E-state index in [-0.39, 0.29) is 12.5 Å². The predicted octanol–water partition coefficient (Wildman–Crippen LogP) is 0.250. The molecule has 0 spiro atoms. The standard InChI is InChI=1S/C12H17N3O5S/c1-20-12(17)14-8-11(16)13-7-6-9-2-4-10(5-3-9)15-21(18)19/h2-5,15H,6-8H2,1H3,(H,13,16)(H,14,17)(H,18,19). The first-order valence-electron chi connectivity index (χ1n) is 6.06. The van der Waals surface area contributed by atoms with E-state index in [1.54, 1.807) is 24.3 Å². The van der Waals surface area contributed by atoms with E-state index in [0.717, 1.165) is 5.56 Å². The molecule has 0 saturated carbocycles. The minimum Gasteiger partial charge on any atom is -0.453 e. The molecule has 1 unspecified atom stereocenters. The van der Waals surface area contributed by atoms with E-state index in [9.17, 15) is 13.8 Å². The van der Waals surface area contributed by atoms with Gasteiger partial charge in [0.25, 0.3) is 11.3 Å². The molecule has 0 aliphatic rings. The van der Waals surface area contributed by atoms with Gasteiger partial charge in [-0.2, -0.15) is 0 Å². The minimum absolute atomic E-state index is 0.141. The predicted molar refractivity (Wildman–Crippen MR) is 78.0 cm³/mol. The van der Waals surface area contributed by atoms with Crippen LogP contribution in [0.2, 0.25) is 0 Å². The third kappa shape index (κ3) is 7.28. The molecule has 2 amide bonds. The largest absolute Gasteiger partial charge is 0.453 e. The maximum absolute atomic E-state index is 11.4. The van der Waals surface area contributed by atoms with Crippen LogP contribution in [0.1, 0.15) is 5.56 Å². The van der Waals surface area contributed by atoms with Gasteiger partial charge in [-0.3, -0.25) is 14.1 Å². The average Bonchev–Trinajstić information content (AvgIpc) is 2.46. The molecule has 0 fully saturated rings. The third-order valence-corrected chi connectivity index (χ3v) is 2.88. The smallest absolute Gasteiger partial charge is 0.407 e. The first-order chi connectivity index (χ1) is 10.0. The topological polar surface area (TPSA) is 117 Å². The van der Waals surface area contributed by atoms with Gasteiger partial charge in [0.1, 0.15) is 0 Å². The SMILES string of the molecule is COC(=O)NCC(=O)NCCc1ccc(NS(=O)O)cc1. The van der Waals surface area contributed by atoms with Crippen LogP contribution < -0.4 is 15.4 Å². The Morgan fingerprint density at radius 3 is 2.48 bits per heavy atom. The van der Waals surface area contributed by atoms with Crippen molar-refractivity contribution < 1.29 is 23.1 Å². The van der Waals surface area contributed by atoms with Crippen LogP contribution in [-0.4, -0.2) is 41.0 Å². The van der Waals surface area contributed by atoms with Crippen molar-refractivity contribution in [1.29, 1.82) is 0 Å². The number of anilines is 1. The summed E-state index contributed by atoms with van der Waals surface area (Å²) in [5.41, 5.74) is 1.50. The van der Waals surface area contributed by atoms with Crippen molar-refractivity contribution in [2.24, 2.45) is 0 Å².